The Morgan fingerprint density at radius 2 is 1.54 bits per heavy atom. The summed E-state index contributed by atoms with van der Waals surface area (Å²) in [5, 5.41) is 25.4. The molecule has 0 spiro atoms. The average Bonchev–Trinajstić information content (AvgIpc) is 3.65. The highest BCUT2D eigenvalue weighted by molar-refractivity contribution is 6.22. The zero-order chi connectivity index (χ0) is 29.8. The third-order valence-electron chi connectivity index (χ3n) is 8.47. The molecule has 0 saturated heterocycles. The highest BCUT2D eigenvalue weighted by Gasteiger charge is 2.24. The summed E-state index contributed by atoms with van der Waals surface area (Å²) in [5.41, 5.74) is 9.20. The Kier molecular flexibility index (Phi) is 9.87. The molecule has 6 nitrogen and oxygen atoms in total. The van der Waals surface area contributed by atoms with Crippen molar-refractivity contribution in [2.45, 2.75) is 91.5 Å². The van der Waals surface area contributed by atoms with Gasteiger partial charge in [-0.1, -0.05) is 27.7 Å². The molecule has 41 heavy (non-hydrogen) atoms. The Bertz CT molecular complexity index is 1510. The van der Waals surface area contributed by atoms with Gasteiger partial charge in [0.2, 0.25) is 0 Å². The summed E-state index contributed by atoms with van der Waals surface area (Å²) in [6.07, 6.45) is 6.78. The number of nitrogens with zero attached hydrogens (tertiary/aromatic N) is 1. The van der Waals surface area contributed by atoms with E-state index in [1.165, 1.54) is 0 Å². The molecule has 4 atom stereocenters. The second-order valence-corrected chi connectivity index (χ2v) is 11.3. The van der Waals surface area contributed by atoms with E-state index in [9.17, 15) is 19.0 Å². The van der Waals surface area contributed by atoms with Crippen LogP contribution in [0, 0.1) is 0 Å². The highest BCUT2D eigenvalue weighted by atomic mass is 19.1. The number of aliphatic imine (C=N–C) groups is 1. The first kappa shape index (κ1) is 30.7. The van der Waals surface area contributed by atoms with Crippen molar-refractivity contribution in [3.63, 3.8) is 0 Å². The fraction of sp³-hybridized carbons (Fsp3) is 0.485. The van der Waals surface area contributed by atoms with E-state index in [0.717, 1.165) is 79.8 Å². The first-order valence-electron chi connectivity index (χ1n) is 14.7. The van der Waals surface area contributed by atoms with Crippen molar-refractivity contribution in [1.82, 2.24) is 15.3 Å². The minimum absolute atomic E-state index is 0.0260. The minimum atomic E-state index is -0.824. The number of H-pyrrole nitrogens is 2. The van der Waals surface area contributed by atoms with E-state index in [2.05, 4.69) is 27.2 Å². The second kappa shape index (κ2) is 13.2. The molecule has 0 fully saturated rings. The normalized spacial score (nSPS) is 22.8. The van der Waals surface area contributed by atoms with Crippen molar-refractivity contribution in [3.8, 4) is 0 Å². The summed E-state index contributed by atoms with van der Waals surface area (Å²) in [7, 11) is 0. The summed E-state index contributed by atoms with van der Waals surface area (Å²) in [5.74, 6) is -0.0571. The number of hydrogen-bond acceptors (Lipinski definition) is 4. The number of aliphatic hydroxyl groups is 2. The number of aromatic nitrogens is 2. The number of aliphatic hydroxyl groups excluding tert-OH is 2. The summed E-state index contributed by atoms with van der Waals surface area (Å²) >= 11 is 0. The Hall–Kier alpha value is -3.23. The fourth-order valence-corrected chi connectivity index (χ4v) is 5.88. The van der Waals surface area contributed by atoms with E-state index in [4.69, 9.17) is 0 Å². The SMILES string of the molecule is CCC1=C(C)C(O)N=C1/C=c1/cc([C@@H](C)CCF)/c(=C/c2[nH]c(/C=C3\NC(O)C(C)=C3CC)cc2[C@@H](C)CCF)[nH]1. The van der Waals surface area contributed by atoms with Gasteiger partial charge in [0.1, 0.15) is 6.23 Å². The first-order valence-corrected chi connectivity index (χ1v) is 14.7. The van der Waals surface area contributed by atoms with Gasteiger partial charge in [0.25, 0.3) is 0 Å². The van der Waals surface area contributed by atoms with Crippen molar-refractivity contribution in [3.05, 3.63) is 73.3 Å². The number of nitrogens with one attached hydrogen (secondary N) is 3. The molecule has 0 saturated carbocycles. The lowest BCUT2D eigenvalue weighted by atomic mass is 9.96. The maximum atomic E-state index is 13.4. The Morgan fingerprint density at radius 1 is 0.878 bits per heavy atom. The Labute approximate surface area is 241 Å². The lowest BCUT2D eigenvalue weighted by molar-refractivity contribution is 0.195. The standard InChI is InChI=1S/C33H44F2N4O2/c1-7-24-20(5)32(40)38-28(24)15-22-13-26(18(3)9-11-34)30(36-22)17-31-27(19(4)10-12-35)14-23(37-31)16-29-25(8-2)21(6)33(41)39-29/h13-19,32-33,36-38,40-41H,7-12H2,1-6H3/b23-16-,28-15-,31-17-/t18-,19-,32?,33?/m0/s1. The molecule has 8 heteroatoms. The fourth-order valence-electron chi connectivity index (χ4n) is 5.88. The van der Waals surface area contributed by atoms with E-state index >= 15 is 0 Å². The zero-order valence-corrected chi connectivity index (χ0v) is 25.0. The lowest BCUT2D eigenvalue weighted by Crippen LogP contribution is -2.22. The quantitative estimate of drug-likeness (QED) is 0.253. The van der Waals surface area contributed by atoms with Crippen LogP contribution < -0.4 is 16.0 Å². The number of aromatic amines is 2. The van der Waals surface area contributed by atoms with Crippen LogP contribution in [0.3, 0.4) is 0 Å². The monoisotopic (exact) mass is 566 g/mol. The van der Waals surface area contributed by atoms with Gasteiger partial charge < -0.3 is 25.5 Å². The van der Waals surface area contributed by atoms with Crippen molar-refractivity contribution >= 4 is 23.9 Å². The molecule has 2 aromatic rings. The van der Waals surface area contributed by atoms with Gasteiger partial charge >= 0.3 is 0 Å². The number of rotatable bonds is 11. The third kappa shape index (κ3) is 6.49. The topological polar surface area (TPSA) is 96.4 Å². The van der Waals surface area contributed by atoms with Crippen molar-refractivity contribution < 1.29 is 19.0 Å². The summed E-state index contributed by atoms with van der Waals surface area (Å²) < 4.78 is 26.8. The van der Waals surface area contributed by atoms with E-state index in [1.54, 1.807) is 0 Å². The maximum Gasteiger partial charge on any atom is 0.168 e. The van der Waals surface area contributed by atoms with E-state index in [0.29, 0.717) is 12.8 Å². The van der Waals surface area contributed by atoms with Gasteiger partial charge in [-0.05, 0) is 115 Å². The smallest absolute Gasteiger partial charge is 0.168 e. The van der Waals surface area contributed by atoms with Crippen LogP contribution in [0.2, 0.25) is 0 Å². The predicted octanol–water partition coefficient (Wildman–Crippen LogP) is 5.37. The number of alkyl halides is 2. The van der Waals surface area contributed by atoms with Gasteiger partial charge in [0.15, 0.2) is 6.23 Å². The van der Waals surface area contributed by atoms with Crippen LogP contribution in [0.25, 0.3) is 18.2 Å². The number of hydrogen-bond donors (Lipinski definition) is 5. The molecule has 2 aliphatic rings. The molecule has 0 amide bonds. The minimum Gasteiger partial charge on any atom is -0.370 e. The Morgan fingerprint density at radius 3 is 2.17 bits per heavy atom. The molecule has 2 unspecified atom stereocenters. The van der Waals surface area contributed by atoms with Gasteiger partial charge in [-0.15, -0.1) is 0 Å². The predicted molar refractivity (Wildman–Crippen MR) is 163 cm³/mol. The van der Waals surface area contributed by atoms with Gasteiger partial charge in [-0.2, -0.15) is 0 Å². The average molecular weight is 567 g/mol. The molecule has 222 valence electrons. The van der Waals surface area contributed by atoms with Crippen molar-refractivity contribution in [1.29, 1.82) is 0 Å². The molecule has 2 aromatic heterocycles. The molecular formula is C33H44F2N4O2. The zero-order valence-electron chi connectivity index (χ0n) is 25.0. The third-order valence-corrected chi connectivity index (χ3v) is 8.47. The molecule has 0 radical (unpaired) electrons. The Balaban J connectivity index is 1.85. The molecule has 0 bridgehead atoms. The molecule has 4 rings (SSSR count). The molecular weight excluding hydrogens is 522 g/mol. The summed E-state index contributed by atoms with van der Waals surface area (Å²) in [6, 6.07) is 4.08. The van der Waals surface area contributed by atoms with Crippen LogP contribution in [0.15, 0.2) is 45.1 Å². The first-order chi connectivity index (χ1) is 19.6. The van der Waals surface area contributed by atoms with Crippen LogP contribution in [0.4, 0.5) is 8.78 Å². The van der Waals surface area contributed by atoms with Crippen LogP contribution in [-0.2, 0) is 0 Å². The van der Waals surface area contributed by atoms with Crippen LogP contribution in [0.1, 0.15) is 102 Å². The van der Waals surface area contributed by atoms with Gasteiger partial charge in [-0.3, -0.25) is 8.78 Å². The molecule has 0 aromatic carbocycles. The number of halogens is 2. The van der Waals surface area contributed by atoms with Gasteiger partial charge in [-0.25, -0.2) is 4.99 Å². The summed E-state index contributed by atoms with van der Waals surface area (Å²) in [6.45, 7) is 11.1. The van der Waals surface area contributed by atoms with Crippen molar-refractivity contribution in [2.24, 2.45) is 4.99 Å². The van der Waals surface area contributed by atoms with Crippen LogP contribution in [0.5, 0.6) is 0 Å². The molecule has 2 aliphatic heterocycles. The van der Waals surface area contributed by atoms with Gasteiger partial charge in [0.05, 0.1) is 19.1 Å². The van der Waals surface area contributed by atoms with E-state index < -0.39 is 25.8 Å². The molecule has 0 aliphatic carbocycles. The lowest BCUT2D eigenvalue weighted by Gasteiger charge is -2.09. The van der Waals surface area contributed by atoms with Crippen LogP contribution >= 0.6 is 0 Å². The largest absolute Gasteiger partial charge is 0.370 e. The van der Waals surface area contributed by atoms with Crippen molar-refractivity contribution in [2.75, 3.05) is 13.3 Å². The number of allylic oxidation sites excluding steroid dienone is 2. The molecule has 4 heterocycles. The maximum absolute atomic E-state index is 13.4. The highest BCUT2D eigenvalue weighted by Crippen LogP contribution is 2.30. The van der Waals surface area contributed by atoms with E-state index in [-0.39, 0.29) is 11.8 Å². The van der Waals surface area contributed by atoms with Crippen LogP contribution in [-0.4, -0.2) is 51.7 Å². The van der Waals surface area contributed by atoms with Gasteiger partial charge in [0, 0.05) is 27.8 Å². The molecule has 5 N–H and O–H groups in total. The van der Waals surface area contributed by atoms with E-state index in [1.807, 2.05) is 65.0 Å². The second-order valence-electron chi connectivity index (χ2n) is 11.3. The summed E-state index contributed by atoms with van der Waals surface area (Å²) in [4.78, 5) is 11.4.